The highest BCUT2D eigenvalue weighted by Crippen LogP contribution is 2.36. The molecule has 1 aliphatic heterocycles. The van der Waals surface area contributed by atoms with Crippen molar-refractivity contribution in [3.8, 4) is 11.5 Å². The van der Waals surface area contributed by atoms with Crippen molar-refractivity contribution in [2.75, 3.05) is 13.1 Å². The van der Waals surface area contributed by atoms with E-state index in [-0.39, 0.29) is 17.5 Å². The van der Waals surface area contributed by atoms with Gasteiger partial charge in [0.25, 0.3) is 0 Å². The molecule has 2 atom stereocenters. The van der Waals surface area contributed by atoms with Crippen molar-refractivity contribution >= 4 is 0 Å². The van der Waals surface area contributed by atoms with Gasteiger partial charge in [-0.3, -0.25) is 4.90 Å². The normalized spacial score (nSPS) is 24.2. The number of aromatic hydroxyl groups is 2. The van der Waals surface area contributed by atoms with E-state index >= 15 is 0 Å². The summed E-state index contributed by atoms with van der Waals surface area (Å²) in [4.78, 5) is 2.53. The number of rotatable bonds is 5. The predicted octanol–water partition coefficient (Wildman–Crippen LogP) is 2.38. The second-order valence-corrected chi connectivity index (χ2v) is 6.18. The minimum absolute atomic E-state index is 0.140. The van der Waals surface area contributed by atoms with Gasteiger partial charge in [-0.15, -0.1) is 0 Å². The zero-order valence-electron chi connectivity index (χ0n) is 12.0. The third kappa shape index (κ3) is 3.07. The molecule has 4 nitrogen and oxygen atoms in total. The van der Waals surface area contributed by atoms with Crippen LogP contribution in [0.3, 0.4) is 0 Å². The molecule has 1 aromatic rings. The molecule has 4 heteroatoms. The number of nitrogens with one attached hydrogen (secondary N) is 1. The average molecular weight is 276 g/mol. The van der Waals surface area contributed by atoms with Gasteiger partial charge in [-0.1, -0.05) is 0 Å². The zero-order chi connectivity index (χ0) is 14.1. The fraction of sp³-hybridized carbons (Fsp3) is 0.625. The molecule has 0 bridgehead atoms. The maximum Gasteiger partial charge on any atom is 0.119 e. The number of phenols is 2. The Labute approximate surface area is 120 Å². The van der Waals surface area contributed by atoms with Crippen LogP contribution in [0.2, 0.25) is 0 Å². The highest BCUT2D eigenvalue weighted by atomic mass is 16.3. The van der Waals surface area contributed by atoms with Gasteiger partial charge in [-0.05, 0) is 56.8 Å². The minimum Gasteiger partial charge on any atom is -0.508 e. The summed E-state index contributed by atoms with van der Waals surface area (Å²) in [6.45, 7) is 4.36. The van der Waals surface area contributed by atoms with Crippen molar-refractivity contribution in [3.63, 3.8) is 0 Å². The molecule has 2 aliphatic rings. The molecular formula is C16H24N2O2. The molecule has 3 rings (SSSR count). The van der Waals surface area contributed by atoms with Gasteiger partial charge in [0.15, 0.2) is 0 Å². The van der Waals surface area contributed by atoms with Crippen LogP contribution < -0.4 is 5.32 Å². The van der Waals surface area contributed by atoms with E-state index < -0.39 is 0 Å². The van der Waals surface area contributed by atoms with E-state index in [1.807, 2.05) is 0 Å². The number of nitrogens with zero attached hydrogens (tertiary/aromatic N) is 1. The summed E-state index contributed by atoms with van der Waals surface area (Å²) in [6, 6.07) is 6.39. The Balaban J connectivity index is 1.75. The molecule has 3 N–H and O–H groups in total. The van der Waals surface area contributed by atoms with Crippen molar-refractivity contribution in [1.82, 2.24) is 10.2 Å². The summed E-state index contributed by atoms with van der Waals surface area (Å²) in [6.07, 6.45) is 5.05. The maximum absolute atomic E-state index is 9.67. The first-order valence-electron chi connectivity index (χ1n) is 7.65. The molecule has 2 fully saturated rings. The lowest BCUT2D eigenvalue weighted by Crippen LogP contribution is -2.40. The van der Waals surface area contributed by atoms with Crippen molar-refractivity contribution in [2.24, 2.45) is 0 Å². The quantitative estimate of drug-likeness (QED) is 0.773. The van der Waals surface area contributed by atoms with E-state index in [0.717, 1.165) is 18.7 Å². The van der Waals surface area contributed by atoms with Crippen LogP contribution in [-0.4, -0.2) is 40.3 Å². The Morgan fingerprint density at radius 1 is 1.20 bits per heavy atom. The Morgan fingerprint density at radius 2 is 1.90 bits per heavy atom. The fourth-order valence-corrected chi connectivity index (χ4v) is 3.25. The lowest BCUT2D eigenvalue weighted by Gasteiger charge is -2.32. The van der Waals surface area contributed by atoms with Gasteiger partial charge in [0, 0.05) is 30.7 Å². The smallest absolute Gasteiger partial charge is 0.119 e. The molecule has 110 valence electrons. The van der Waals surface area contributed by atoms with Crippen LogP contribution in [0.5, 0.6) is 11.5 Å². The predicted molar refractivity (Wildman–Crippen MR) is 78.9 cm³/mol. The topological polar surface area (TPSA) is 55.7 Å². The molecule has 1 saturated heterocycles. The van der Waals surface area contributed by atoms with E-state index in [1.54, 1.807) is 12.1 Å². The summed E-state index contributed by atoms with van der Waals surface area (Å²) in [7, 11) is 0. The second-order valence-electron chi connectivity index (χ2n) is 6.18. The van der Waals surface area contributed by atoms with E-state index in [0.29, 0.717) is 12.1 Å². The Bertz CT molecular complexity index is 447. The van der Waals surface area contributed by atoms with E-state index in [4.69, 9.17) is 0 Å². The van der Waals surface area contributed by atoms with Gasteiger partial charge in [0.1, 0.15) is 11.5 Å². The number of phenolic OH excluding ortho intramolecular Hbond substituents is 2. The number of hydrogen-bond donors (Lipinski definition) is 3. The average Bonchev–Trinajstić information content (AvgIpc) is 3.11. The van der Waals surface area contributed by atoms with Gasteiger partial charge in [0.2, 0.25) is 0 Å². The van der Waals surface area contributed by atoms with Crippen LogP contribution in [0.4, 0.5) is 0 Å². The largest absolute Gasteiger partial charge is 0.508 e. The monoisotopic (exact) mass is 276 g/mol. The minimum atomic E-state index is 0.140. The highest BCUT2D eigenvalue weighted by Gasteiger charge is 2.34. The summed E-state index contributed by atoms with van der Waals surface area (Å²) >= 11 is 0. The van der Waals surface area contributed by atoms with Gasteiger partial charge in [-0.25, -0.2) is 0 Å². The first-order valence-corrected chi connectivity index (χ1v) is 7.65. The van der Waals surface area contributed by atoms with Crippen molar-refractivity contribution in [3.05, 3.63) is 23.8 Å². The number of hydrogen-bond acceptors (Lipinski definition) is 4. The first-order chi connectivity index (χ1) is 9.63. The van der Waals surface area contributed by atoms with Crippen LogP contribution in [-0.2, 0) is 0 Å². The molecule has 2 unspecified atom stereocenters. The van der Waals surface area contributed by atoms with Crippen molar-refractivity contribution in [2.45, 2.75) is 50.7 Å². The van der Waals surface area contributed by atoms with E-state index in [9.17, 15) is 10.2 Å². The van der Waals surface area contributed by atoms with Gasteiger partial charge >= 0.3 is 0 Å². The Morgan fingerprint density at radius 3 is 2.45 bits per heavy atom. The maximum atomic E-state index is 9.67. The molecule has 0 spiro atoms. The SMILES string of the molecule is CC(c1cc(O)cc(O)c1)N(CC1CCCN1)C1CC1. The molecule has 20 heavy (non-hydrogen) atoms. The van der Waals surface area contributed by atoms with E-state index in [2.05, 4.69) is 17.1 Å². The Hall–Kier alpha value is -1.26. The van der Waals surface area contributed by atoms with Gasteiger partial charge in [0.05, 0.1) is 0 Å². The van der Waals surface area contributed by atoms with Crippen LogP contribution >= 0.6 is 0 Å². The molecule has 0 aromatic heterocycles. The molecule has 1 saturated carbocycles. The standard InChI is InChI=1S/C16H24N2O2/c1-11(12-7-15(19)9-16(20)8-12)18(14-4-5-14)10-13-3-2-6-17-13/h7-9,11,13-14,17,19-20H,2-6,10H2,1H3. The van der Waals surface area contributed by atoms with Gasteiger partial charge < -0.3 is 15.5 Å². The number of benzene rings is 1. The van der Waals surface area contributed by atoms with Gasteiger partial charge in [-0.2, -0.15) is 0 Å². The van der Waals surface area contributed by atoms with Crippen LogP contribution in [0.25, 0.3) is 0 Å². The van der Waals surface area contributed by atoms with Crippen molar-refractivity contribution < 1.29 is 10.2 Å². The molecule has 1 heterocycles. The third-order valence-electron chi connectivity index (χ3n) is 4.51. The van der Waals surface area contributed by atoms with E-state index in [1.165, 1.54) is 31.7 Å². The summed E-state index contributed by atoms with van der Waals surface area (Å²) < 4.78 is 0. The highest BCUT2D eigenvalue weighted by molar-refractivity contribution is 5.38. The van der Waals surface area contributed by atoms with Crippen LogP contribution in [0.1, 0.15) is 44.2 Å². The second kappa shape index (κ2) is 5.62. The molecule has 1 aliphatic carbocycles. The molecule has 1 aromatic carbocycles. The fourth-order valence-electron chi connectivity index (χ4n) is 3.25. The molecule has 0 amide bonds. The molecule has 0 radical (unpaired) electrons. The van der Waals surface area contributed by atoms with Crippen molar-refractivity contribution in [1.29, 1.82) is 0 Å². The van der Waals surface area contributed by atoms with Crippen LogP contribution in [0, 0.1) is 0 Å². The van der Waals surface area contributed by atoms with Crippen LogP contribution in [0.15, 0.2) is 18.2 Å². The molecular weight excluding hydrogens is 252 g/mol. The zero-order valence-corrected chi connectivity index (χ0v) is 12.0. The first kappa shape index (κ1) is 13.7. The summed E-state index contributed by atoms with van der Waals surface area (Å²) in [5, 5.41) is 22.9. The third-order valence-corrected chi connectivity index (χ3v) is 4.51. The lowest BCUT2D eigenvalue weighted by molar-refractivity contribution is 0.181. The summed E-state index contributed by atoms with van der Waals surface area (Å²) in [5.41, 5.74) is 0.993. The Kier molecular flexibility index (Phi) is 3.85. The summed E-state index contributed by atoms with van der Waals surface area (Å²) in [5.74, 6) is 0.281. The lowest BCUT2D eigenvalue weighted by atomic mass is 10.0.